The molecule has 0 aliphatic rings. The molecule has 0 bridgehead atoms. The van der Waals surface area contributed by atoms with Crippen LogP contribution in [0.3, 0.4) is 0 Å². The fourth-order valence-electron chi connectivity index (χ4n) is 1.07. The third-order valence-electron chi connectivity index (χ3n) is 2.01. The maximum absolute atomic E-state index is 9.31. The minimum Gasteiger partial charge on any atom is -0.388 e. The van der Waals surface area contributed by atoms with Crippen molar-refractivity contribution in [3.8, 4) is 0 Å². The Morgan fingerprint density at radius 1 is 1.21 bits per heavy atom. The molecule has 1 rings (SSSR count). The van der Waals surface area contributed by atoms with Crippen LogP contribution in [-0.2, 0) is 11.3 Å². The summed E-state index contributed by atoms with van der Waals surface area (Å²) in [5, 5.41) is 18.5. The van der Waals surface area contributed by atoms with E-state index in [0.29, 0.717) is 13.0 Å². The van der Waals surface area contributed by atoms with Crippen LogP contribution in [-0.4, -0.2) is 22.6 Å². The van der Waals surface area contributed by atoms with Crippen LogP contribution >= 0.6 is 0 Å². The second-order valence-electron chi connectivity index (χ2n) is 3.16. The standard InChI is InChI=1S/C11H16O3/c1-2-10(12)11(13)14-8-9-6-4-3-5-7-9/h3-7,10-13H,2,8H2,1H3. The van der Waals surface area contributed by atoms with Gasteiger partial charge < -0.3 is 14.9 Å². The summed E-state index contributed by atoms with van der Waals surface area (Å²) in [6.07, 6.45) is -1.42. The minimum absolute atomic E-state index is 0.319. The molecule has 0 heterocycles. The molecule has 78 valence electrons. The zero-order chi connectivity index (χ0) is 10.4. The van der Waals surface area contributed by atoms with E-state index in [1.807, 2.05) is 30.3 Å². The molecule has 2 unspecified atom stereocenters. The quantitative estimate of drug-likeness (QED) is 0.698. The Kier molecular flexibility index (Phi) is 4.59. The number of aliphatic hydroxyl groups is 2. The van der Waals surface area contributed by atoms with Gasteiger partial charge in [-0.2, -0.15) is 0 Å². The van der Waals surface area contributed by atoms with Gasteiger partial charge in [-0.3, -0.25) is 0 Å². The van der Waals surface area contributed by atoms with Crippen molar-refractivity contribution < 1.29 is 14.9 Å². The molecule has 1 aromatic carbocycles. The van der Waals surface area contributed by atoms with Crippen molar-refractivity contribution in [2.45, 2.75) is 32.3 Å². The van der Waals surface area contributed by atoms with E-state index >= 15 is 0 Å². The number of hydrogen-bond acceptors (Lipinski definition) is 3. The monoisotopic (exact) mass is 196 g/mol. The summed E-state index contributed by atoms with van der Waals surface area (Å²) in [6, 6.07) is 9.54. The van der Waals surface area contributed by atoms with Crippen molar-refractivity contribution in [1.82, 2.24) is 0 Å². The minimum atomic E-state index is -1.10. The molecule has 0 aliphatic heterocycles. The van der Waals surface area contributed by atoms with Gasteiger partial charge in [-0.05, 0) is 12.0 Å². The average Bonchev–Trinajstić information content (AvgIpc) is 2.26. The second-order valence-corrected chi connectivity index (χ2v) is 3.16. The van der Waals surface area contributed by atoms with E-state index in [0.717, 1.165) is 5.56 Å². The van der Waals surface area contributed by atoms with Gasteiger partial charge in [-0.15, -0.1) is 0 Å². The lowest BCUT2D eigenvalue weighted by Crippen LogP contribution is -2.27. The van der Waals surface area contributed by atoms with Gasteiger partial charge in [-0.25, -0.2) is 0 Å². The van der Waals surface area contributed by atoms with Crippen molar-refractivity contribution in [2.75, 3.05) is 0 Å². The Labute approximate surface area is 84.0 Å². The van der Waals surface area contributed by atoms with E-state index in [1.165, 1.54) is 0 Å². The molecule has 0 amide bonds. The third-order valence-corrected chi connectivity index (χ3v) is 2.01. The lowest BCUT2D eigenvalue weighted by atomic mass is 10.2. The highest BCUT2D eigenvalue weighted by molar-refractivity contribution is 5.13. The van der Waals surface area contributed by atoms with Crippen molar-refractivity contribution in [1.29, 1.82) is 0 Å². The van der Waals surface area contributed by atoms with Crippen LogP contribution in [0.5, 0.6) is 0 Å². The first-order valence-corrected chi connectivity index (χ1v) is 4.75. The number of rotatable bonds is 5. The maximum atomic E-state index is 9.31. The molecule has 0 radical (unpaired) electrons. The first kappa shape index (κ1) is 11.2. The van der Waals surface area contributed by atoms with E-state index in [1.54, 1.807) is 6.92 Å². The smallest absolute Gasteiger partial charge is 0.181 e. The van der Waals surface area contributed by atoms with Crippen LogP contribution in [0.15, 0.2) is 30.3 Å². The molecule has 0 saturated heterocycles. The molecule has 0 aromatic heterocycles. The molecule has 0 spiro atoms. The zero-order valence-electron chi connectivity index (χ0n) is 8.26. The zero-order valence-corrected chi connectivity index (χ0v) is 8.26. The van der Waals surface area contributed by atoms with Gasteiger partial charge in [-0.1, -0.05) is 37.3 Å². The summed E-state index contributed by atoms with van der Waals surface area (Å²) in [7, 11) is 0. The summed E-state index contributed by atoms with van der Waals surface area (Å²) < 4.78 is 5.09. The van der Waals surface area contributed by atoms with Gasteiger partial charge in [0.15, 0.2) is 6.29 Å². The highest BCUT2D eigenvalue weighted by Gasteiger charge is 2.13. The van der Waals surface area contributed by atoms with Crippen molar-refractivity contribution in [3.63, 3.8) is 0 Å². The van der Waals surface area contributed by atoms with E-state index in [9.17, 15) is 10.2 Å². The van der Waals surface area contributed by atoms with Crippen molar-refractivity contribution in [2.24, 2.45) is 0 Å². The molecule has 2 atom stereocenters. The molecule has 3 nitrogen and oxygen atoms in total. The highest BCUT2D eigenvalue weighted by Crippen LogP contribution is 2.05. The average molecular weight is 196 g/mol. The van der Waals surface area contributed by atoms with Crippen LogP contribution in [0.25, 0.3) is 0 Å². The van der Waals surface area contributed by atoms with E-state index in [-0.39, 0.29) is 0 Å². The van der Waals surface area contributed by atoms with Crippen LogP contribution in [0, 0.1) is 0 Å². The molecule has 0 aliphatic carbocycles. The predicted molar refractivity (Wildman–Crippen MR) is 53.5 cm³/mol. The maximum Gasteiger partial charge on any atom is 0.181 e. The van der Waals surface area contributed by atoms with Crippen molar-refractivity contribution >= 4 is 0 Å². The summed E-state index contributed by atoms with van der Waals surface area (Å²) in [4.78, 5) is 0. The predicted octanol–water partition coefficient (Wildman–Crippen LogP) is 1.29. The molecule has 3 heteroatoms. The number of benzene rings is 1. The molecule has 1 aromatic rings. The fourth-order valence-corrected chi connectivity index (χ4v) is 1.07. The lowest BCUT2D eigenvalue weighted by molar-refractivity contribution is -0.168. The molecule has 14 heavy (non-hydrogen) atoms. The Hall–Kier alpha value is -0.900. The Bertz CT molecular complexity index is 248. The largest absolute Gasteiger partial charge is 0.388 e. The molecular weight excluding hydrogens is 180 g/mol. The summed E-state index contributed by atoms with van der Waals surface area (Å²) in [6.45, 7) is 2.11. The molecule has 2 N–H and O–H groups in total. The topological polar surface area (TPSA) is 49.7 Å². The normalized spacial score (nSPS) is 15.1. The van der Waals surface area contributed by atoms with Gasteiger partial charge in [0.05, 0.1) is 6.61 Å². The molecule has 0 fully saturated rings. The molecular formula is C11H16O3. The SMILES string of the molecule is CCC(O)C(O)OCc1ccccc1. The highest BCUT2D eigenvalue weighted by atomic mass is 16.6. The Morgan fingerprint density at radius 3 is 2.43 bits per heavy atom. The van der Waals surface area contributed by atoms with Gasteiger partial charge in [0.25, 0.3) is 0 Å². The van der Waals surface area contributed by atoms with E-state index in [2.05, 4.69) is 0 Å². The number of ether oxygens (including phenoxy) is 1. The van der Waals surface area contributed by atoms with Gasteiger partial charge in [0.2, 0.25) is 0 Å². The fraction of sp³-hybridized carbons (Fsp3) is 0.455. The molecule has 0 saturated carbocycles. The first-order chi connectivity index (χ1) is 6.74. The van der Waals surface area contributed by atoms with Crippen LogP contribution in [0.1, 0.15) is 18.9 Å². The van der Waals surface area contributed by atoms with Crippen LogP contribution < -0.4 is 0 Å². The van der Waals surface area contributed by atoms with Gasteiger partial charge >= 0.3 is 0 Å². The van der Waals surface area contributed by atoms with Gasteiger partial charge in [0, 0.05) is 0 Å². The van der Waals surface area contributed by atoms with Crippen LogP contribution in [0.2, 0.25) is 0 Å². The van der Waals surface area contributed by atoms with Crippen LogP contribution in [0.4, 0.5) is 0 Å². The summed E-state index contributed by atoms with van der Waals surface area (Å²) in [5.41, 5.74) is 0.981. The van der Waals surface area contributed by atoms with Gasteiger partial charge in [0.1, 0.15) is 6.10 Å². The Balaban J connectivity index is 2.34. The second kappa shape index (κ2) is 5.75. The first-order valence-electron chi connectivity index (χ1n) is 4.75. The number of aliphatic hydroxyl groups excluding tert-OH is 2. The lowest BCUT2D eigenvalue weighted by Gasteiger charge is -2.16. The summed E-state index contributed by atoms with van der Waals surface area (Å²) >= 11 is 0. The van der Waals surface area contributed by atoms with Crippen molar-refractivity contribution in [3.05, 3.63) is 35.9 Å². The van der Waals surface area contributed by atoms with E-state index < -0.39 is 12.4 Å². The van der Waals surface area contributed by atoms with E-state index in [4.69, 9.17) is 4.74 Å². The summed E-state index contributed by atoms with van der Waals surface area (Å²) in [5.74, 6) is 0. The Morgan fingerprint density at radius 2 is 1.86 bits per heavy atom. The number of hydrogen-bond donors (Lipinski definition) is 2. The third kappa shape index (κ3) is 3.46.